The van der Waals surface area contributed by atoms with Crippen LogP contribution in [-0.4, -0.2) is 56.1 Å². The number of anilines is 1. The summed E-state index contributed by atoms with van der Waals surface area (Å²) in [5.74, 6) is 1.00. The highest BCUT2D eigenvalue weighted by Crippen LogP contribution is 2.65. The number of Topliss-reactive ketones (excluding diaryl/α,β-unsaturated/α-hetero) is 1. The van der Waals surface area contributed by atoms with Gasteiger partial charge in [0.1, 0.15) is 5.54 Å². The number of hydrogen-bond acceptors (Lipinski definition) is 6. The third kappa shape index (κ3) is 2.44. The first-order valence-corrected chi connectivity index (χ1v) is 11.6. The average Bonchev–Trinajstić information content (AvgIpc) is 3.58. The fraction of sp³-hybridized carbons (Fsp3) is 0.333. The quantitative estimate of drug-likeness (QED) is 0.627. The number of aromatic nitrogens is 1. The number of likely N-dealkylation sites (tertiary alicyclic amines) is 1. The molecule has 3 aliphatic heterocycles. The van der Waals surface area contributed by atoms with Crippen molar-refractivity contribution in [3.05, 3.63) is 71.5 Å². The summed E-state index contributed by atoms with van der Waals surface area (Å²) in [4.78, 5) is 30.5. The van der Waals surface area contributed by atoms with Crippen LogP contribution >= 0.6 is 0 Å². The second kappa shape index (κ2) is 7.36. The number of para-hydroxylation sites is 1. The topological polar surface area (TPSA) is 82.0 Å². The number of methoxy groups -OCH3 is 3. The Bertz CT molecular complexity index is 1360. The van der Waals surface area contributed by atoms with Crippen LogP contribution < -0.4 is 19.5 Å². The lowest BCUT2D eigenvalue weighted by Gasteiger charge is -2.43. The molecule has 8 nitrogen and oxygen atoms in total. The lowest BCUT2D eigenvalue weighted by Crippen LogP contribution is -2.58. The number of fused-ring (bicyclic) bond motifs is 4. The molecule has 0 aliphatic carbocycles. The summed E-state index contributed by atoms with van der Waals surface area (Å²) in [7, 11) is 6.65. The predicted molar refractivity (Wildman–Crippen MR) is 129 cm³/mol. The van der Waals surface area contributed by atoms with Crippen molar-refractivity contribution >= 4 is 17.4 Å². The smallest absolute Gasteiger partial charge is 0.250 e. The van der Waals surface area contributed by atoms with Gasteiger partial charge in [0, 0.05) is 36.5 Å². The van der Waals surface area contributed by atoms with Crippen molar-refractivity contribution in [2.75, 3.05) is 40.2 Å². The summed E-state index contributed by atoms with van der Waals surface area (Å²) in [6.45, 7) is 0.887. The largest absolute Gasteiger partial charge is 0.493 e. The number of rotatable bonds is 4. The van der Waals surface area contributed by atoms with Gasteiger partial charge in [-0.1, -0.05) is 18.2 Å². The molecule has 0 unspecified atom stereocenters. The average molecular weight is 474 g/mol. The number of ether oxygens (including phenoxy) is 3. The Balaban J connectivity index is 1.65. The number of nitrogens with zero attached hydrogens (tertiary/aromatic N) is 2. The maximum absolute atomic E-state index is 14.4. The number of benzene rings is 2. The van der Waals surface area contributed by atoms with Crippen molar-refractivity contribution in [2.45, 2.75) is 18.0 Å². The SMILES string of the molecule is COc1cc([C@@H]2CN(C)[C@]3(C(=O)Nc4ccccc43)[C@]23Cn2cccc2C3=O)cc(OC)c1OC. The van der Waals surface area contributed by atoms with E-state index >= 15 is 0 Å². The molecular formula is C27H27N3O5. The molecule has 180 valence electrons. The van der Waals surface area contributed by atoms with Gasteiger partial charge in [-0.3, -0.25) is 14.5 Å². The summed E-state index contributed by atoms with van der Waals surface area (Å²) in [5, 5.41) is 3.08. The van der Waals surface area contributed by atoms with Crippen LogP contribution in [0.3, 0.4) is 0 Å². The molecule has 2 aromatic carbocycles. The molecule has 4 heterocycles. The van der Waals surface area contributed by atoms with Crippen molar-refractivity contribution in [1.82, 2.24) is 9.47 Å². The summed E-state index contributed by atoms with van der Waals surface area (Å²) < 4.78 is 18.8. The molecule has 0 bridgehead atoms. The maximum Gasteiger partial charge on any atom is 0.250 e. The molecule has 6 rings (SSSR count). The van der Waals surface area contributed by atoms with Gasteiger partial charge in [0.25, 0.3) is 5.91 Å². The van der Waals surface area contributed by atoms with E-state index in [0.717, 1.165) is 16.8 Å². The molecule has 1 N–H and O–H groups in total. The minimum atomic E-state index is -1.16. The number of hydrogen-bond donors (Lipinski definition) is 1. The van der Waals surface area contributed by atoms with Crippen molar-refractivity contribution < 1.29 is 23.8 Å². The van der Waals surface area contributed by atoms with E-state index in [1.165, 1.54) is 0 Å². The van der Waals surface area contributed by atoms with Crippen molar-refractivity contribution in [1.29, 1.82) is 0 Å². The van der Waals surface area contributed by atoms with Gasteiger partial charge in [0.2, 0.25) is 5.75 Å². The Morgan fingerprint density at radius 2 is 1.69 bits per heavy atom. The minimum Gasteiger partial charge on any atom is -0.493 e. The first-order valence-electron chi connectivity index (χ1n) is 11.6. The number of nitrogens with one attached hydrogen (secondary N) is 1. The monoisotopic (exact) mass is 473 g/mol. The summed E-state index contributed by atoms with van der Waals surface area (Å²) in [5.41, 5.74) is 0.832. The van der Waals surface area contributed by atoms with Crippen LogP contribution in [-0.2, 0) is 16.9 Å². The van der Waals surface area contributed by atoms with Crippen LogP contribution in [0.25, 0.3) is 0 Å². The van der Waals surface area contributed by atoms with Crippen LogP contribution in [0.5, 0.6) is 17.2 Å². The molecule has 35 heavy (non-hydrogen) atoms. The molecular weight excluding hydrogens is 446 g/mol. The number of likely N-dealkylation sites (N-methyl/N-ethyl adjacent to an activating group) is 1. The van der Waals surface area contributed by atoms with E-state index in [-0.39, 0.29) is 17.6 Å². The van der Waals surface area contributed by atoms with E-state index in [0.29, 0.717) is 36.0 Å². The molecule has 1 amide bonds. The van der Waals surface area contributed by atoms with Crippen molar-refractivity contribution in [3.63, 3.8) is 0 Å². The van der Waals surface area contributed by atoms with E-state index in [9.17, 15) is 9.59 Å². The van der Waals surface area contributed by atoms with Gasteiger partial charge in [0.15, 0.2) is 17.3 Å². The van der Waals surface area contributed by atoms with E-state index in [1.54, 1.807) is 21.3 Å². The van der Waals surface area contributed by atoms with Crippen LogP contribution in [0.1, 0.15) is 27.5 Å². The fourth-order valence-electron chi connectivity index (χ4n) is 6.79. The van der Waals surface area contributed by atoms with E-state index in [4.69, 9.17) is 14.2 Å². The summed E-state index contributed by atoms with van der Waals surface area (Å²) in [6, 6.07) is 15.2. The Morgan fingerprint density at radius 1 is 0.971 bits per heavy atom. The molecule has 8 heteroatoms. The number of carbonyl (C=O) groups excluding carboxylic acids is 2. The molecule has 1 fully saturated rings. The number of ketones is 1. The highest BCUT2D eigenvalue weighted by atomic mass is 16.5. The standard InChI is InChI=1S/C27H27N3O5/c1-29-14-18(16-12-21(33-2)23(35-4)22(13-16)34-3)26(15-30-11-7-10-20(30)24(26)31)27(29)17-8-5-6-9-19(17)28-25(27)32/h5-13,18H,14-15H2,1-4H3,(H,28,32)/t18-,26+,27+/m0/s1. The van der Waals surface area contributed by atoms with Gasteiger partial charge in [-0.05, 0) is 42.9 Å². The van der Waals surface area contributed by atoms with Crippen LogP contribution in [0.15, 0.2) is 54.7 Å². The summed E-state index contributed by atoms with van der Waals surface area (Å²) in [6.07, 6.45) is 1.92. The maximum atomic E-state index is 14.4. The van der Waals surface area contributed by atoms with Gasteiger partial charge >= 0.3 is 0 Å². The second-order valence-corrected chi connectivity index (χ2v) is 9.42. The van der Waals surface area contributed by atoms with Crippen LogP contribution in [0, 0.1) is 5.41 Å². The Hall–Kier alpha value is -3.78. The Labute approximate surface area is 203 Å². The lowest BCUT2D eigenvalue weighted by molar-refractivity contribution is -0.130. The van der Waals surface area contributed by atoms with Crippen molar-refractivity contribution in [3.8, 4) is 17.2 Å². The first kappa shape index (κ1) is 21.7. The third-order valence-electron chi connectivity index (χ3n) is 8.14. The van der Waals surface area contributed by atoms with Gasteiger partial charge in [-0.15, -0.1) is 0 Å². The fourth-order valence-corrected chi connectivity index (χ4v) is 6.79. The van der Waals surface area contributed by atoms with Crippen LogP contribution in [0.2, 0.25) is 0 Å². The van der Waals surface area contributed by atoms with Gasteiger partial charge < -0.3 is 24.1 Å². The predicted octanol–water partition coefficient (Wildman–Crippen LogP) is 3.27. The highest BCUT2D eigenvalue weighted by molar-refractivity contribution is 6.14. The normalized spacial score (nSPS) is 26.8. The molecule has 0 radical (unpaired) electrons. The zero-order valence-electron chi connectivity index (χ0n) is 20.1. The van der Waals surface area contributed by atoms with Crippen molar-refractivity contribution in [2.24, 2.45) is 5.41 Å². The third-order valence-corrected chi connectivity index (χ3v) is 8.14. The molecule has 3 aliphatic rings. The zero-order valence-corrected chi connectivity index (χ0v) is 20.1. The van der Waals surface area contributed by atoms with Crippen LogP contribution in [0.4, 0.5) is 5.69 Å². The molecule has 3 atom stereocenters. The molecule has 1 aromatic heterocycles. The number of amides is 1. The molecule has 1 saturated heterocycles. The van der Waals surface area contributed by atoms with Gasteiger partial charge in [0.05, 0.1) is 32.4 Å². The zero-order chi connectivity index (χ0) is 24.5. The molecule has 3 aromatic rings. The number of carbonyl (C=O) groups is 2. The molecule has 2 spiro atoms. The van der Waals surface area contributed by atoms with E-state index < -0.39 is 11.0 Å². The molecule has 0 saturated carbocycles. The Kier molecular flexibility index (Phi) is 4.57. The highest BCUT2D eigenvalue weighted by Gasteiger charge is 2.75. The first-order chi connectivity index (χ1) is 16.9. The lowest BCUT2D eigenvalue weighted by atomic mass is 9.59. The summed E-state index contributed by atoms with van der Waals surface area (Å²) >= 11 is 0. The minimum absolute atomic E-state index is 0.0301. The van der Waals surface area contributed by atoms with Gasteiger partial charge in [-0.2, -0.15) is 0 Å². The van der Waals surface area contributed by atoms with Gasteiger partial charge in [-0.25, -0.2) is 0 Å². The van der Waals surface area contributed by atoms with E-state index in [1.807, 2.05) is 71.2 Å². The van der Waals surface area contributed by atoms with E-state index in [2.05, 4.69) is 5.32 Å². The Morgan fingerprint density at radius 3 is 2.34 bits per heavy atom. The second-order valence-electron chi connectivity index (χ2n) is 9.42.